The number of likely N-dealkylation sites (tertiary alicyclic amines) is 1. The van der Waals surface area contributed by atoms with Crippen molar-refractivity contribution in [3.8, 4) is 5.75 Å². The minimum atomic E-state index is -0.763. The number of nitrogens with one attached hydrogen (secondary N) is 1. The molecule has 1 saturated heterocycles. The Kier molecular flexibility index (Phi) is 5.63. The fraction of sp³-hybridized carbons (Fsp3) is 0.391. The van der Waals surface area contributed by atoms with E-state index in [-0.39, 0.29) is 23.4 Å². The molecule has 3 heterocycles. The van der Waals surface area contributed by atoms with Crippen molar-refractivity contribution in [3.63, 3.8) is 0 Å². The third kappa shape index (κ3) is 4.38. The number of hydrogen-bond donors (Lipinski definition) is 2. The topological polar surface area (TPSA) is 115 Å². The van der Waals surface area contributed by atoms with Crippen LogP contribution in [0.15, 0.2) is 36.7 Å². The number of nitrogens with two attached hydrogens (primary N) is 1. The molecule has 0 spiro atoms. The van der Waals surface area contributed by atoms with Crippen molar-refractivity contribution in [1.29, 1.82) is 0 Å². The van der Waals surface area contributed by atoms with E-state index in [1.54, 1.807) is 4.90 Å². The molecule has 4 rings (SSSR count). The highest BCUT2D eigenvalue weighted by molar-refractivity contribution is 6.39. The minimum absolute atomic E-state index is 0.143. The number of pyridine rings is 1. The molecule has 0 aliphatic carbocycles. The van der Waals surface area contributed by atoms with E-state index in [2.05, 4.69) is 23.3 Å². The number of ether oxygens (including phenoxy) is 1. The highest BCUT2D eigenvalue weighted by Crippen LogP contribution is 2.37. The summed E-state index contributed by atoms with van der Waals surface area (Å²) in [6, 6.07) is 7.26. The van der Waals surface area contributed by atoms with Crippen LogP contribution in [0.5, 0.6) is 5.75 Å². The molecule has 0 bridgehead atoms. The molecule has 1 aromatic carbocycles. The van der Waals surface area contributed by atoms with Crippen molar-refractivity contribution in [2.75, 3.05) is 11.9 Å². The summed E-state index contributed by atoms with van der Waals surface area (Å²) in [6.45, 7) is 4.61. The van der Waals surface area contributed by atoms with Crippen molar-refractivity contribution >= 4 is 23.4 Å². The summed E-state index contributed by atoms with van der Waals surface area (Å²) in [5.41, 5.74) is 7.82. The van der Waals surface area contributed by atoms with E-state index >= 15 is 0 Å². The van der Waals surface area contributed by atoms with Crippen LogP contribution in [-0.4, -0.2) is 40.3 Å². The number of benzene rings is 1. The second kappa shape index (κ2) is 8.37. The van der Waals surface area contributed by atoms with Crippen LogP contribution in [0, 0.1) is 5.92 Å². The van der Waals surface area contributed by atoms with E-state index in [1.807, 2.05) is 19.1 Å². The second-order valence-corrected chi connectivity index (χ2v) is 8.44. The van der Waals surface area contributed by atoms with E-state index in [9.17, 15) is 14.4 Å². The lowest BCUT2D eigenvalue weighted by atomic mass is 9.89. The minimum Gasteiger partial charge on any atom is -0.490 e. The number of rotatable bonds is 3. The average Bonchev–Trinajstić information content (AvgIpc) is 3.12. The zero-order valence-electron chi connectivity index (χ0n) is 17.6. The summed E-state index contributed by atoms with van der Waals surface area (Å²) < 4.78 is 5.79. The zero-order valence-corrected chi connectivity index (χ0v) is 17.6. The van der Waals surface area contributed by atoms with E-state index in [1.165, 1.54) is 18.5 Å². The summed E-state index contributed by atoms with van der Waals surface area (Å²) in [6.07, 6.45) is 5.42. The Morgan fingerprint density at radius 1 is 1.16 bits per heavy atom. The normalized spacial score (nSPS) is 22.4. The monoisotopic (exact) mass is 422 g/mol. The Bertz CT molecular complexity index is 1040. The van der Waals surface area contributed by atoms with Crippen LogP contribution in [0.3, 0.4) is 0 Å². The number of carbonyl (C=O) groups excluding carboxylic acids is 3. The molecule has 8 heteroatoms. The fourth-order valence-corrected chi connectivity index (χ4v) is 4.33. The van der Waals surface area contributed by atoms with Gasteiger partial charge >= 0.3 is 11.8 Å². The first-order chi connectivity index (χ1) is 14.8. The predicted molar refractivity (Wildman–Crippen MR) is 114 cm³/mol. The van der Waals surface area contributed by atoms with Gasteiger partial charge in [0.05, 0.1) is 23.5 Å². The van der Waals surface area contributed by atoms with Crippen LogP contribution in [0.4, 0.5) is 5.69 Å². The summed E-state index contributed by atoms with van der Waals surface area (Å²) in [5.74, 6) is -0.843. The van der Waals surface area contributed by atoms with E-state index < -0.39 is 17.7 Å². The van der Waals surface area contributed by atoms with Crippen molar-refractivity contribution in [2.45, 2.75) is 45.3 Å². The summed E-state index contributed by atoms with van der Waals surface area (Å²) in [5, 5.41) is 2.55. The van der Waals surface area contributed by atoms with Crippen molar-refractivity contribution in [3.05, 3.63) is 53.3 Å². The van der Waals surface area contributed by atoms with Gasteiger partial charge in [0.15, 0.2) is 0 Å². The maximum atomic E-state index is 13.1. The molecule has 2 aliphatic heterocycles. The molecule has 0 unspecified atom stereocenters. The number of carbonyl (C=O) groups is 3. The van der Waals surface area contributed by atoms with E-state index in [0.29, 0.717) is 12.5 Å². The maximum Gasteiger partial charge on any atom is 0.313 e. The molecule has 2 aromatic rings. The molecule has 162 valence electrons. The lowest BCUT2D eigenvalue weighted by Gasteiger charge is -2.38. The van der Waals surface area contributed by atoms with Gasteiger partial charge in [-0.25, -0.2) is 0 Å². The smallest absolute Gasteiger partial charge is 0.313 e. The lowest BCUT2D eigenvalue weighted by Crippen LogP contribution is -2.46. The van der Waals surface area contributed by atoms with Crippen LogP contribution >= 0.6 is 0 Å². The number of aromatic nitrogens is 1. The number of anilines is 1. The fourth-order valence-electron chi connectivity index (χ4n) is 4.33. The van der Waals surface area contributed by atoms with Crippen LogP contribution < -0.4 is 15.8 Å². The van der Waals surface area contributed by atoms with Crippen molar-refractivity contribution in [1.82, 2.24) is 9.88 Å². The molecule has 31 heavy (non-hydrogen) atoms. The Hall–Kier alpha value is -3.42. The number of hydrogen-bond acceptors (Lipinski definition) is 5. The highest BCUT2D eigenvalue weighted by atomic mass is 16.5. The molecule has 1 aromatic heterocycles. The molecule has 2 aliphatic rings. The number of fused-ring (bicyclic) bond motifs is 1. The second-order valence-electron chi connectivity index (χ2n) is 8.44. The first-order valence-corrected chi connectivity index (χ1v) is 10.5. The molecular weight excluding hydrogens is 396 g/mol. The molecule has 0 radical (unpaired) electrons. The maximum absolute atomic E-state index is 13.1. The Labute approximate surface area is 180 Å². The molecule has 8 nitrogen and oxygen atoms in total. The van der Waals surface area contributed by atoms with Crippen molar-refractivity contribution in [2.24, 2.45) is 11.7 Å². The molecule has 3 amide bonds. The summed E-state index contributed by atoms with van der Waals surface area (Å²) in [4.78, 5) is 42.7. The standard InChI is InChI=1S/C23H26N4O4/c1-13-3-5-19(15-4-6-20-16(8-15)7-14(2)31-20)27(12-13)23(30)22(29)26-18-9-17(21(24)28)10-25-11-18/h4,6,8-11,13-14,19H,3,5,7,12H2,1-2H3,(H2,24,28)(H,26,29)/t13-,14-,19+/m1/s1. The molecular formula is C23H26N4O4. The van der Waals surface area contributed by atoms with Gasteiger partial charge in [0.25, 0.3) is 0 Å². The number of piperidine rings is 1. The van der Waals surface area contributed by atoms with Crippen molar-refractivity contribution < 1.29 is 19.1 Å². The van der Waals surface area contributed by atoms with Gasteiger partial charge in [-0.15, -0.1) is 0 Å². The largest absolute Gasteiger partial charge is 0.490 e. The van der Waals surface area contributed by atoms with Crippen LogP contribution in [-0.2, 0) is 16.0 Å². The molecule has 3 N–H and O–H groups in total. The third-order valence-corrected chi connectivity index (χ3v) is 5.86. The lowest BCUT2D eigenvalue weighted by molar-refractivity contribution is -0.146. The van der Waals surface area contributed by atoms with Gasteiger partial charge in [-0.3, -0.25) is 19.4 Å². The number of nitrogens with zero attached hydrogens (tertiary/aromatic N) is 2. The van der Waals surface area contributed by atoms with Gasteiger partial charge in [-0.2, -0.15) is 0 Å². The van der Waals surface area contributed by atoms with Gasteiger partial charge in [0.2, 0.25) is 5.91 Å². The summed E-state index contributed by atoms with van der Waals surface area (Å²) >= 11 is 0. The van der Waals surface area contributed by atoms with Crippen LogP contribution in [0.1, 0.15) is 54.2 Å². The van der Waals surface area contributed by atoms with Gasteiger partial charge in [0.1, 0.15) is 11.9 Å². The van der Waals surface area contributed by atoms with Gasteiger partial charge in [-0.1, -0.05) is 13.0 Å². The number of primary amides is 1. The van der Waals surface area contributed by atoms with Crippen LogP contribution in [0.25, 0.3) is 0 Å². The Balaban J connectivity index is 1.54. The molecule has 0 saturated carbocycles. The van der Waals surface area contributed by atoms with E-state index in [0.717, 1.165) is 36.1 Å². The average molecular weight is 422 g/mol. The molecule has 3 atom stereocenters. The Morgan fingerprint density at radius 3 is 2.74 bits per heavy atom. The highest BCUT2D eigenvalue weighted by Gasteiger charge is 2.35. The van der Waals surface area contributed by atoms with Gasteiger partial charge in [-0.05, 0) is 55.0 Å². The van der Waals surface area contributed by atoms with Gasteiger partial charge < -0.3 is 20.7 Å². The number of amides is 3. The van der Waals surface area contributed by atoms with E-state index in [4.69, 9.17) is 10.5 Å². The first kappa shape index (κ1) is 20.8. The Morgan fingerprint density at radius 2 is 1.97 bits per heavy atom. The van der Waals surface area contributed by atoms with Crippen LogP contribution in [0.2, 0.25) is 0 Å². The first-order valence-electron chi connectivity index (χ1n) is 10.5. The molecule has 1 fully saturated rings. The quantitative estimate of drug-likeness (QED) is 0.738. The summed E-state index contributed by atoms with van der Waals surface area (Å²) in [7, 11) is 0. The third-order valence-electron chi connectivity index (χ3n) is 5.86. The predicted octanol–water partition coefficient (Wildman–Crippen LogP) is 2.44. The SMILES string of the molecule is C[C@@H]1CC[C@@H](c2ccc3c(c2)C[C@@H](C)O3)N(C(=O)C(=O)Nc2cncc(C(N)=O)c2)C1. The van der Waals surface area contributed by atoms with Gasteiger partial charge in [0, 0.05) is 19.2 Å². The zero-order chi connectivity index (χ0) is 22.1.